The van der Waals surface area contributed by atoms with Crippen molar-refractivity contribution in [2.75, 3.05) is 19.7 Å². The second kappa shape index (κ2) is 20.1. The molecular formula is C40H66N6O7. The van der Waals surface area contributed by atoms with Crippen LogP contribution < -0.4 is 21.3 Å². The molecule has 0 spiro atoms. The van der Waals surface area contributed by atoms with Crippen molar-refractivity contribution < 1.29 is 33.5 Å². The third-order valence-electron chi connectivity index (χ3n) is 11.0. The van der Waals surface area contributed by atoms with E-state index in [1.54, 1.807) is 11.1 Å². The van der Waals surface area contributed by atoms with Gasteiger partial charge in [0, 0.05) is 19.3 Å². The van der Waals surface area contributed by atoms with Crippen molar-refractivity contribution in [2.45, 2.75) is 150 Å². The minimum Gasteiger partial charge on any atom is -0.446 e. The van der Waals surface area contributed by atoms with Gasteiger partial charge in [-0.1, -0.05) is 80.2 Å². The normalized spacial score (nSPS) is 21.7. The molecule has 0 aromatic rings. The highest BCUT2D eigenvalue weighted by molar-refractivity contribution is 6.38. The van der Waals surface area contributed by atoms with Gasteiger partial charge in [0.05, 0.1) is 12.1 Å². The number of ketones is 1. The Hall–Kier alpha value is -3.77. The Kier molecular flexibility index (Phi) is 16.5. The van der Waals surface area contributed by atoms with Gasteiger partial charge in [-0.25, -0.2) is 9.59 Å². The number of nitrogens with one attached hydrogen (secondary N) is 4. The van der Waals surface area contributed by atoms with E-state index >= 15 is 0 Å². The molecule has 1 heterocycles. The standard InChI is InChI=1S/C40H66N6O7/c1-9-14-29(32(47)35(49)41-21-10-2)43-34(48)31-28(24-26(3)4)18-23-46(31)36(50)33(40(8)19-12-11-13-20-40)45-37(51)44-30(39(5,6)7)25-53-38(52)42-22-17-27-15-16-27/h10,22,26-31,33H,2,9,11-21,23-25H2,1,3-8H3,(H,41,49)(H,43,48)(H2,44,45,51)/b42-22+/t28-,29?,30?,31?,33?/m1/s1. The number of carbonyl (C=O) groups excluding carboxylic acids is 6. The largest absolute Gasteiger partial charge is 0.446 e. The van der Waals surface area contributed by atoms with E-state index in [-0.39, 0.29) is 37.3 Å². The molecule has 298 valence electrons. The Labute approximate surface area is 316 Å². The average Bonchev–Trinajstić information content (AvgIpc) is 3.83. The third-order valence-corrected chi connectivity index (χ3v) is 11.0. The number of carbonyl (C=O) groups is 6. The first-order valence-corrected chi connectivity index (χ1v) is 19.8. The third kappa shape index (κ3) is 13.2. The maximum Gasteiger partial charge on any atom is 0.433 e. The molecule has 4 N–H and O–H groups in total. The maximum atomic E-state index is 14.8. The second-order valence-electron chi connectivity index (χ2n) is 17.1. The molecule has 0 aromatic carbocycles. The van der Waals surface area contributed by atoms with E-state index in [1.165, 1.54) is 6.08 Å². The summed E-state index contributed by atoms with van der Waals surface area (Å²) in [5.74, 6) is -1.70. The molecule has 3 rings (SSSR count). The van der Waals surface area contributed by atoms with E-state index < -0.39 is 64.7 Å². The molecule has 1 saturated heterocycles. The van der Waals surface area contributed by atoms with Gasteiger partial charge in [-0.05, 0) is 80.0 Å². The highest BCUT2D eigenvalue weighted by Crippen LogP contribution is 2.41. The molecule has 0 aromatic heterocycles. The molecule has 0 bridgehead atoms. The van der Waals surface area contributed by atoms with Crippen molar-refractivity contribution in [1.29, 1.82) is 0 Å². The number of hydrogen-bond acceptors (Lipinski definition) is 7. The summed E-state index contributed by atoms with van der Waals surface area (Å²) < 4.78 is 5.43. The monoisotopic (exact) mass is 742 g/mol. The van der Waals surface area contributed by atoms with Crippen molar-refractivity contribution in [3.8, 4) is 0 Å². The zero-order valence-electron chi connectivity index (χ0n) is 33.3. The average molecular weight is 743 g/mol. The zero-order chi connectivity index (χ0) is 39.3. The second-order valence-corrected chi connectivity index (χ2v) is 17.1. The van der Waals surface area contributed by atoms with Gasteiger partial charge in [0.2, 0.25) is 17.6 Å². The SMILES string of the molecule is C=CCNC(=O)C(=O)C(CCC)NC(=O)C1[C@@H](CC(C)C)CCN1C(=O)C(NC(=O)NC(COC(=O)/N=C/CC1CC1)C(C)(C)C)C1(C)CCCCC1. The molecule has 5 atom stereocenters. The fourth-order valence-electron chi connectivity index (χ4n) is 7.55. The molecule has 0 radical (unpaired) electrons. The topological polar surface area (TPSA) is 175 Å². The van der Waals surface area contributed by atoms with E-state index in [0.29, 0.717) is 31.7 Å². The molecule has 3 fully saturated rings. The van der Waals surface area contributed by atoms with E-state index in [9.17, 15) is 28.8 Å². The van der Waals surface area contributed by atoms with Gasteiger partial charge in [-0.2, -0.15) is 4.99 Å². The van der Waals surface area contributed by atoms with Crippen LogP contribution in [0.4, 0.5) is 9.59 Å². The molecule has 2 saturated carbocycles. The highest BCUT2D eigenvalue weighted by Gasteiger charge is 2.49. The summed E-state index contributed by atoms with van der Waals surface area (Å²) in [6, 6.07) is -4.02. The number of likely N-dealkylation sites (tertiary alicyclic amines) is 1. The number of hydrogen-bond donors (Lipinski definition) is 4. The lowest BCUT2D eigenvalue weighted by Gasteiger charge is -2.43. The molecule has 4 unspecified atom stereocenters. The lowest BCUT2D eigenvalue weighted by Crippen LogP contribution is -2.63. The molecule has 2 aliphatic carbocycles. The van der Waals surface area contributed by atoms with Crippen LogP contribution in [0.25, 0.3) is 0 Å². The lowest BCUT2D eigenvalue weighted by atomic mass is 9.70. The quantitative estimate of drug-likeness (QED) is 0.0819. The lowest BCUT2D eigenvalue weighted by molar-refractivity contribution is -0.145. The smallest absolute Gasteiger partial charge is 0.433 e. The number of ether oxygens (including phenoxy) is 1. The first kappa shape index (κ1) is 43.6. The first-order chi connectivity index (χ1) is 25.0. The highest BCUT2D eigenvalue weighted by atomic mass is 16.5. The van der Waals surface area contributed by atoms with Crippen LogP contribution in [0.2, 0.25) is 0 Å². The van der Waals surface area contributed by atoms with E-state index in [0.717, 1.165) is 51.4 Å². The fourth-order valence-corrected chi connectivity index (χ4v) is 7.55. The van der Waals surface area contributed by atoms with Crippen LogP contribution in [-0.2, 0) is 23.9 Å². The summed E-state index contributed by atoms with van der Waals surface area (Å²) in [4.78, 5) is 86.4. The summed E-state index contributed by atoms with van der Waals surface area (Å²) in [6.45, 7) is 17.7. The van der Waals surface area contributed by atoms with Crippen LogP contribution in [0.15, 0.2) is 17.6 Å². The van der Waals surface area contributed by atoms with Crippen LogP contribution in [0.1, 0.15) is 126 Å². The van der Waals surface area contributed by atoms with Crippen molar-refractivity contribution >= 4 is 41.8 Å². The number of rotatable bonds is 18. The number of aliphatic imine (C=N–C) groups is 1. The summed E-state index contributed by atoms with van der Waals surface area (Å²) in [6.07, 6.45) is 11.8. The van der Waals surface area contributed by atoms with Gasteiger partial charge in [0.15, 0.2) is 0 Å². The summed E-state index contributed by atoms with van der Waals surface area (Å²) in [5.41, 5.74) is -1.07. The van der Waals surface area contributed by atoms with Crippen LogP contribution in [-0.4, -0.2) is 90.6 Å². The Morgan fingerprint density at radius 2 is 1.68 bits per heavy atom. The van der Waals surface area contributed by atoms with Crippen LogP contribution in [0, 0.1) is 28.6 Å². The first-order valence-electron chi connectivity index (χ1n) is 19.8. The van der Waals surface area contributed by atoms with Crippen LogP contribution in [0.5, 0.6) is 0 Å². The predicted molar refractivity (Wildman–Crippen MR) is 205 cm³/mol. The molecule has 13 heteroatoms. The Balaban J connectivity index is 1.85. The summed E-state index contributed by atoms with van der Waals surface area (Å²) in [5, 5.41) is 11.3. The summed E-state index contributed by atoms with van der Waals surface area (Å²) >= 11 is 0. The zero-order valence-corrected chi connectivity index (χ0v) is 33.3. The van der Waals surface area contributed by atoms with Gasteiger partial charge in [0.25, 0.3) is 5.91 Å². The number of amides is 6. The molecule has 53 heavy (non-hydrogen) atoms. The van der Waals surface area contributed by atoms with Crippen molar-refractivity contribution in [1.82, 2.24) is 26.2 Å². The number of Topliss-reactive ketones (excluding diaryl/α,β-unsaturated/α-hetero) is 1. The van der Waals surface area contributed by atoms with Crippen molar-refractivity contribution in [3.05, 3.63) is 12.7 Å². The predicted octanol–water partition coefficient (Wildman–Crippen LogP) is 5.47. The van der Waals surface area contributed by atoms with Gasteiger partial charge < -0.3 is 30.9 Å². The number of urea groups is 1. The van der Waals surface area contributed by atoms with Gasteiger partial charge in [-0.3, -0.25) is 19.2 Å². The molecular weight excluding hydrogens is 676 g/mol. The van der Waals surface area contributed by atoms with Crippen molar-refractivity contribution in [2.24, 2.45) is 33.6 Å². The van der Waals surface area contributed by atoms with Crippen LogP contribution in [0.3, 0.4) is 0 Å². The van der Waals surface area contributed by atoms with Crippen molar-refractivity contribution in [3.63, 3.8) is 0 Å². The molecule has 3 aliphatic rings. The van der Waals surface area contributed by atoms with Gasteiger partial charge >= 0.3 is 12.1 Å². The molecule has 6 amide bonds. The maximum absolute atomic E-state index is 14.8. The fraction of sp³-hybridized carbons (Fsp3) is 0.775. The van der Waals surface area contributed by atoms with Crippen LogP contribution >= 0.6 is 0 Å². The minimum absolute atomic E-state index is 0.0963. The van der Waals surface area contributed by atoms with Gasteiger partial charge in [-0.15, -0.1) is 6.58 Å². The van der Waals surface area contributed by atoms with E-state index in [4.69, 9.17) is 4.74 Å². The molecule has 13 nitrogen and oxygen atoms in total. The summed E-state index contributed by atoms with van der Waals surface area (Å²) in [7, 11) is 0. The Morgan fingerprint density at radius 3 is 2.26 bits per heavy atom. The Morgan fingerprint density at radius 1 is 1.00 bits per heavy atom. The Bertz CT molecular complexity index is 1330. The molecule has 1 aliphatic heterocycles. The number of nitrogens with zero attached hydrogens (tertiary/aromatic N) is 2. The minimum atomic E-state index is -1.04. The van der Waals surface area contributed by atoms with E-state index in [1.807, 2.05) is 34.6 Å². The van der Waals surface area contributed by atoms with Gasteiger partial charge in [0.1, 0.15) is 18.7 Å². The van der Waals surface area contributed by atoms with E-state index in [2.05, 4.69) is 46.7 Å².